The largest absolute Gasteiger partial charge is 0.497 e. The van der Waals surface area contributed by atoms with Gasteiger partial charge in [0.25, 0.3) is 5.91 Å². The van der Waals surface area contributed by atoms with Crippen LogP contribution < -0.4 is 4.74 Å². The molecule has 1 aliphatic rings. The van der Waals surface area contributed by atoms with E-state index in [9.17, 15) is 4.79 Å². The number of benzene rings is 1. The highest BCUT2D eigenvalue weighted by Crippen LogP contribution is 2.33. The summed E-state index contributed by atoms with van der Waals surface area (Å²) in [6.07, 6.45) is 3.68. The van der Waals surface area contributed by atoms with Crippen LogP contribution in [0.3, 0.4) is 0 Å². The van der Waals surface area contributed by atoms with Gasteiger partial charge in [-0.05, 0) is 36.6 Å². The Morgan fingerprint density at radius 3 is 2.67 bits per heavy atom. The average molecular weight is 285 g/mol. The van der Waals surface area contributed by atoms with Gasteiger partial charge in [-0.1, -0.05) is 12.1 Å². The van der Waals surface area contributed by atoms with Crippen molar-refractivity contribution in [3.05, 3.63) is 47.8 Å². The standard InChI is InChI=1S/C16H19N3O2/c1-18-15(9-10-17-18)16(20)19-11-3-4-14(19)12-5-7-13(21-2)8-6-12/h5-10,14H,3-4,11H2,1-2H3/t14-/m1/s1. The van der Waals surface area contributed by atoms with Gasteiger partial charge in [0.05, 0.1) is 13.2 Å². The van der Waals surface area contributed by atoms with Crippen LogP contribution in [0.25, 0.3) is 0 Å². The van der Waals surface area contributed by atoms with Crippen LogP contribution in [0.4, 0.5) is 0 Å². The third-order valence-corrected chi connectivity index (χ3v) is 4.05. The second kappa shape index (κ2) is 5.60. The first-order valence-corrected chi connectivity index (χ1v) is 7.13. The Hall–Kier alpha value is -2.30. The van der Waals surface area contributed by atoms with Crippen molar-refractivity contribution in [2.45, 2.75) is 18.9 Å². The Labute approximate surface area is 124 Å². The number of hydrogen-bond donors (Lipinski definition) is 0. The second-order valence-electron chi connectivity index (χ2n) is 5.27. The van der Waals surface area contributed by atoms with Crippen LogP contribution in [-0.2, 0) is 7.05 Å². The molecule has 1 aliphatic heterocycles. The molecule has 2 aromatic rings. The van der Waals surface area contributed by atoms with Gasteiger partial charge < -0.3 is 9.64 Å². The van der Waals surface area contributed by atoms with Gasteiger partial charge in [0.1, 0.15) is 11.4 Å². The number of carbonyl (C=O) groups is 1. The lowest BCUT2D eigenvalue weighted by atomic mass is 10.0. The molecule has 1 aromatic heterocycles. The van der Waals surface area contributed by atoms with Crippen molar-refractivity contribution in [2.75, 3.05) is 13.7 Å². The zero-order valence-corrected chi connectivity index (χ0v) is 12.3. The summed E-state index contributed by atoms with van der Waals surface area (Å²) in [7, 11) is 3.45. The molecule has 1 aromatic carbocycles. The summed E-state index contributed by atoms with van der Waals surface area (Å²) in [6, 6.07) is 9.88. The molecule has 0 spiro atoms. The van der Waals surface area contributed by atoms with Gasteiger partial charge in [-0.25, -0.2) is 0 Å². The normalized spacial score (nSPS) is 18.0. The van der Waals surface area contributed by atoms with E-state index in [1.807, 2.05) is 29.2 Å². The maximum Gasteiger partial charge on any atom is 0.272 e. The van der Waals surface area contributed by atoms with Gasteiger partial charge in [0, 0.05) is 19.8 Å². The predicted octanol–water partition coefficient (Wildman–Crippen LogP) is 2.41. The fraction of sp³-hybridized carbons (Fsp3) is 0.375. The van der Waals surface area contributed by atoms with Crippen LogP contribution in [0.15, 0.2) is 36.5 Å². The summed E-state index contributed by atoms with van der Waals surface area (Å²) >= 11 is 0. The van der Waals surface area contributed by atoms with E-state index in [4.69, 9.17) is 4.74 Å². The number of ether oxygens (including phenoxy) is 1. The number of amides is 1. The SMILES string of the molecule is COc1ccc([C@H]2CCCN2C(=O)c2ccnn2C)cc1. The molecular weight excluding hydrogens is 266 g/mol. The first kappa shape index (κ1) is 13.7. The number of rotatable bonds is 3. The number of aryl methyl sites for hydroxylation is 1. The summed E-state index contributed by atoms with van der Waals surface area (Å²) < 4.78 is 6.82. The number of likely N-dealkylation sites (tertiary alicyclic amines) is 1. The van der Waals surface area contributed by atoms with Crippen LogP contribution in [-0.4, -0.2) is 34.2 Å². The zero-order valence-electron chi connectivity index (χ0n) is 12.3. The molecule has 3 rings (SSSR count). The van der Waals surface area contributed by atoms with Gasteiger partial charge >= 0.3 is 0 Å². The van der Waals surface area contributed by atoms with Gasteiger partial charge in [-0.3, -0.25) is 9.48 Å². The Bertz CT molecular complexity index is 633. The molecule has 1 atom stereocenters. The van der Waals surface area contributed by atoms with Gasteiger partial charge in [0.15, 0.2) is 0 Å². The molecule has 21 heavy (non-hydrogen) atoms. The van der Waals surface area contributed by atoms with E-state index in [0.29, 0.717) is 5.69 Å². The summed E-state index contributed by atoms with van der Waals surface area (Å²) in [5.41, 5.74) is 1.79. The average Bonchev–Trinajstić information content (AvgIpc) is 3.15. The highest BCUT2D eigenvalue weighted by atomic mass is 16.5. The predicted molar refractivity (Wildman–Crippen MR) is 79.2 cm³/mol. The molecule has 2 heterocycles. The monoisotopic (exact) mass is 285 g/mol. The molecule has 110 valence electrons. The fourth-order valence-electron chi connectivity index (χ4n) is 2.91. The first-order valence-electron chi connectivity index (χ1n) is 7.13. The van der Waals surface area contributed by atoms with Crippen molar-refractivity contribution in [2.24, 2.45) is 7.05 Å². The van der Waals surface area contributed by atoms with Gasteiger partial charge in [-0.15, -0.1) is 0 Å². The van der Waals surface area contributed by atoms with Crippen LogP contribution >= 0.6 is 0 Å². The van der Waals surface area contributed by atoms with E-state index in [1.54, 1.807) is 31.1 Å². The molecule has 1 fully saturated rings. The molecule has 5 nitrogen and oxygen atoms in total. The molecule has 0 aliphatic carbocycles. The van der Waals surface area contributed by atoms with E-state index in [-0.39, 0.29) is 11.9 Å². The summed E-state index contributed by atoms with van der Waals surface area (Å²) in [4.78, 5) is 14.6. The maximum atomic E-state index is 12.7. The summed E-state index contributed by atoms with van der Waals surface area (Å²) in [6.45, 7) is 0.792. The van der Waals surface area contributed by atoms with Crippen molar-refractivity contribution in [1.82, 2.24) is 14.7 Å². The van der Waals surface area contributed by atoms with E-state index < -0.39 is 0 Å². The first-order chi connectivity index (χ1) is 10.2. The molecule has 5 heteroatoms. The van der Waals surface area contributed by atoms with Crippen molar-refractivity contribution in [1.29, 1.82) is 0 Å². The lowest BCUT2D eigenvalue weighted by Gasteiger charge is -2.25. The van der Waals surface area contributed by atoms with Gasteiger partial charge in [-0.2, -0.15) is 5.10 Å². The van der Waals surface area contributed by atoms with Crippen molar-refractivity contribution < 1.29 is 9.53 Å². The lowest BCUT2D eigenvalue weighted by Crippen LogP contribution is -2.32. The van der Waals surface area contributed by atoms with Crippen LogP contribution in [0.5, 0.6) is 5.75 Å². The molecule has 0 radical (unpaired) electrons. The minimum Gasteiger partial charge on any atom is -0.497 e. The van der Waals surface area contributed by atoms with E-state index in [2.05, 4.69) is 5.10 Å². The lowest BCUT2D eigenvalue weighted by molar-refractivity contribution is 0.0724. The smallest absolute Gasteiger partial charge is 0.272 e. The van der Waals surface area contributed by atoms with Gasteiger partial charge in [0.2, 0.25) is 0 Å². The van der Waals surface area contributed by atoms with Crippen molar-refractivity contribution in [3.8, 4) is 5.75 Å². The van der Waals surface area contributed by atoms with Crippen molar-refractivity contribution in [3.63, 3.8) is 0 Å². The molecule has 0 saturated carbocycles. The molecular formula is C16H19N3O2. The van der Waals surface area contributed by atoms with E-state index in [1.165, 1.54) is 0 Å². The van der Waals surface area contributed by atoms with Crippen LogP contribution in [0, 0.1) is 0 Å². The fourth-order valence-corrected chi connectivity index (χ4v) is 2.91. The van der Waals surface area contributed by atoms with E-state index >= 15 is 0 Å². The molecule has 0 bridgehead atoms. The molecule has 0 unspecified atom stereocenters. The molecule has 0 N–H and O–H groups in total. The number of nitrogens with zero attached hydrogens (tertiary/aromatic N) is 3. The Morgan fingerprint density at radius 2 is 2.05 bits per heavy atom. The number of aromatic nitrogens is 2. The number of hydrogen-bond acceptors (Lipinski definition) is 3. The third kappa shape index (κ3) is 2.51. The van der Waals surface area contributed by atoms with Crippen molar-refractivity contribution >= 4 is 5.91 Å². The Kier molecular flexibility index (Phi) is 3.64. The summed E-state index contributed by atoms with van der Waals surface area (Å²) in [5, 5.41) is 4.08. The number of carbonyl (C=O) groups excluding carboxylic acids is 1. The minimum absolute atomic E-state index is 0.0494. The third-order valence-electron chi connectivity index (χ3n) is 4.05. The number of methoxy groups -OCH3 is 1. The highest BCUT2D eigenvalue weighted by molar-refractivity contribution is 5.93. The maximum absolute atomic E-state index is 12.7. The van der Waals surface area contributed by atoms with Crippen LogP contribution in [0.1, 0.15) is 34.9 Å². The Balaban J connectivity index is 1.85. The topological polar surface area (TPSA) is 47.4 Å². The highest BCUT2D eigenvalue weighted by Gasteiger charge is 2.31. The zero-order chi connectivity index (χ0) is 14.8. The molecule has 1 saturated heterocycles. The Morgan fingerprint density at radius 1 is 1.29 bits per heavy atom. The molecule has 1 amide bonds. The second-order valence-corrected chi connectivity index (χ2v) is 5.27. The van der Waals surface area contributed by atoms with E-state index in [0.717, 1.165) is 30.7 Å². The summed E-state index contributed by atoms with van der Waals surface area (Å²) in [5.74, 6) is 0.884. The van der Waals surface area contributed by atoms with Crippen LogP contribution in [0.2, 0.25) is 0 Å². The minimum atomic E-state index is 0.0494. The quantitative estimate of drug-likeness (QED) is 0.870.